The van der Waals surface area contributed by atoms with E-state index >= 15 is 0 Å². The first kappa shape index (κ1) is 12.6. The van der Waals surface area contributed by atoms with E-state index in [4.69, 9.17) is 5.11 Å². The molecule has 3 unspecified atom stereocenters. The Labute approximate surface area is 102 Å². The van der Waals surface area contributed by atoms with Crippen molar-refractivity contribution >= 4 is 5.97 Å². The minimum absolute atomic E-state index is 0.140. The number of nitrogens with zero attached hydrogens (tertiary/aromatic N) is 1. The summed E-state index contributed by atoms with van der Waals surface area (Å²) in [6.07, 6.45) is 4.30. The maximum absolute atomic E-state index is 10.9. The van der Waals surface area contributed by atoms with Gasteiger partial charge in [-0.1, -0.05) is 13.0 Å². The first-order valence-corrected chi connectivity index (χ1v) is 6.44. The maximum Gasteiger partial charge on any atom is 0.331 e. The molecule has 2 aliphatic rings. The minimum Gasteiger partial charge on any atom is -0.478 e. The number of hydrogen-bond acceptors (Lipinski definition) is 3. The molecule has 4 heteroatoms. The van der Waals surface area contributed by atoms with Gasteiger partial charge in [-0.15, -0.1) is 0 Å². The molecule has 1 heterocycles. The largest absolute Gasteiger partial charge is 0.478 e. The molecule has 2 fully saturated rings. The zero-order valence-electron chi connectivity index (χ0n) is 10.3. The topological polar surface area (TPSA) is 60.8 Å². The predicted octanol–water partition coefficient (Wildman–Crippen LogP) is 1.11. The van der Waals surface area contributed by atoms with Crippen LogP contribution in [0.15, 0.2) is 11.6 Å². The number of aliphatic hydroxyl groups is 1. The summed E-state index contributed by atoms with van der Waals surface area (Å²) in [5, 5.41) is 18.7. The highest BCUT2D eigenvalue weighted by molar-refractivity contribution is 5.86. The average Bonchev–Trinajstić information content (AvgIpc) is 2.82. The highest BCUT2D eigenvalue weighted by Crippen LogP contribution is 2.37. The number of aliphatic hydroxyl groups excluding tert-OH is 1. The monoisotopic (exact) mass is 239 g/mol. The van der Waals surface area contributed by atoms with E-state index in [9.17, 15) is 9.90 Å². The van der Waals surface area contributed by atoms with Gasteiger partial charge in [-0.05, 0) is 25.2 Å². The van der Waals surface area contributed by atoms with Crippen molar-refractivity contribution in [3.05, 3.63) is 11.6 Å². The van der Waals surface area contributed by atoms with Crippen molar-refractivity contribution in [1.82, 2.24) is 4.90 Å². The first-order chi connectivity index (χ1) is 8.11. The van der Waals surface area contributed by atoms with Crippen LogP contribution in [-0.4, -0.2) is 46.8 Å². The molecule has 1 saturated carbocycles. The molecule has 0 spiro atoms. The Bertz CT molecular complexity index is 327. The summed E-state index contributed by atoms with van der Waals surface area (Å²) in [5.41, 5.74) is 0.489. The van der Waals surface area contributed by atoms with E-state index < -0.39 is 5.97 Å². The smallest absolute Gasteiger partial charge is 0.331 e. The fraction of sp³-hybridized carbons (Fsp3) is 0.769. The lowest BCUT2D eigenvalue weighted by Crippen LogP contribution is -2.25. The van der Waals surface area contributed by atoms with Gasteiger partial charge in [-0.2, -0.15) is 0 Å². The molecule has 0 bridgehead atoms. The summed E-state index contributed by atoms with van der Waals surface area (Å²) in [6, 6.07) is 0. The minimum atomic E-state index is -0.813. The molecule has 0 amide bonds. The van der Waals surface area contributed by atoms with Crippen LogP contribution in [0.3, 0.4) is 0 Å². The average molecular weight is 239 g/mol. The summed E-state index contributed by atoms with van der Waals surface area (Å²) in [5.74, 6) is 0.221. The highest BCUT2D eigenvalue weighted by Gasteiger charge is 2.41. The lowest BCUT2D eigenvalue weighted by atomic mass is 10.00. The Morgan fingerprint density at radius 1 is 1.41 bits per heavy atom. The number of likely N-dealkylation sites (tertiary alicyclic amines) is 1. The third-order valence-corrected chi connectivity index (χ3v) is 4.15. The summed E-state index contributed by atoms with van der Waals surface area (Å²) in [7, 11) is 0. The molecule has 0 aromatic carbocycles. The van der Waals surface area contributed by atoms with Crippen LogP contribution in [0.25, 0.3) is 0 Å². The number of fused-ring (bicyclic) bond motifs is 1. The van der Waals surface area contributed by atoms with Crippen LogP contribution in [0.1, 0.15) is 26.2 Å². The Kier molecular flexibility index (Phi) is 3.84. The third kappa shape index (κ3) is 2.69. The Morgan fingerprint density at radius 2 is 2.18 bits per heavy atom. The van der Waals surface area contributed by atoms with Gasteiger partial charge >= 0.3 is 5.97 Å². The molecule has 0 aromatic heterocycles. The zero-order valence-corrected chi connectivity index (χ0v) is 10.3. The fourth-order valence-electron chi connectivity index (χ4n) is 3.10. The molecule has 17 heavy (non-hydrogen) atoms. The van der Waals surface area contributed by atoms with Gasteiger partial charge in [-0.25, -0.2) is 4.79 Å². The van der Waals surface area contributed by atoms with Gasteiger partial charge in [0.15, 0.2) is 0 Å². The third-order valence-electron chi connectivity index (χ3n) is 4.15. The summed E-state index contributed by atoms with van der Waals surface area (Å²) in [6.45, 7) is 4.49. The van der Waals surface area contributed by atoms with Crippen molar-refractivity contribution < 1.29 is 15.0 Å². The quantitative estimate of drug-likeness (QED) is 0.721. The molecule has 0 radical (unpaired) electrons. The number of aliphatic carboxylic acids is 1. The Morgan fingerprint density at radius 3 is 2.76 bits per heavy atom. The van der Waals surface area contributed by atoms with Crippen molar-refractivity contribution in [3.63, 3.8) is 0 Å². The molecule has 0 aromatic rings. The van der Waals surface area contributed by atoms with E-state index in [0.717, 1.165) is 25.9 Å². The normalized spacial score (nSPS) is 34.0. The second-order valence-corrected chi connectivity index (χ2v) is 5.18. The molecular formula is C13H21NO3. The second kappa shape index (κ2) is 5.19. The molecule has 1 aliphatic carbocycles. The van der Waals surface area contributed by atoms with Crippen LogP contribution in [0.5, 0.6) is 0 Å². The molecule has 1 aliphatic heterocycles. The van der Waals surface area contributed by atoms with Gasteiger partial charge in [0, 0.05) is 31.1 Å². The number of rotatable bonds is 4. The summed E-state index contributed by atoms with van der Waals surface area (Å²) < 4.78 is 0. The maximum atomic E-state index is 10.9. The van der Waals surface area contributed by atoms with Crippen LogP contribution >= 0.6 is 0 Å². The van der Waals surface area contributed by atoms with Gasteiger partial charge in [0.1, 0.15) is 0 Å². The van der Waals surface area contributed by atoms with Gasteiger partial charge in [0.05, 0.1) is 6.10 Å². The van der Waals surface area contributed by atoms with Crippen LogP contribution in [0.4, 0.5) is 0 Å². The molecular weight excluding hydrogens is 218 g/mol. The molecule has 3 atom stereocenters. The van der Waals surface area contributed by atoms with Crippen LogP contribution in [-0.2, 0) is 4.79 Å². The Balaban J connectivity index is 1.88. The number of carbonyl (C=O) groups is 1. The van der Waals surface area contributed by atoms with Crippen molar-refractivity contribution in [2.24, 2.45) is 11.8 Å². The Hall–Kier alpha value is -0.870. The lowest BCUT2D eigenvalue weighted by Gasteiger charge is -2.16. The van der Waals surface area contributed by atoms with Crippen molar-refractivity contribution in [2.75, 3.05) is 19.6 Å². The van der Waals surface area contributed by atoms with Crippen LogP contribution < -0.4 is 0 Å². The zero-order chi connectivity index (χ0) is 12.4. The van der Waals surface area contributed by atoms with E-state index in [2.05, 4.69) is 4.90 Å². The van der Waals surface area contributed by atoms with E-state index in [-0.39, 0.29) is 6.10 Å². The number of carboxylic acids is 1. The van der Waals surface area contributed by atoms with Gasteiger partial charge in [0.2, 0.25) is 0 Å². The number of hydrogen-bond donors (Lipinski definition) is 2. The molecule has 1 saturated heterocycles. The second-order valence-electron chi connectivity index (χ2n) is 5.18. The van der Waals surface area contributed by atoms with Crippen LogP contribution in [0, 0.1) is 11.8 Å². The SMILES string of the molecule is CCC(=CCN1CC2CCC(O)C2C1)C(=O)O. The van der Waals surface area contributed by atoms with Crippen molar-refractivity contribution in [2.45, 2.75) is 32.3 Å². The number of carboxylic acid groups (broad SMARTS) is 1. The van der Waals surface area contributed by atoms with E-state index in [1.54, 1.807) is 0 Å². The fourth-order valence-corrected chi connectivity index (χ4v) is 3.10. The summed E-state index contributed by atoms with van der Waals surface area (Å²) in [4.78, 5) is 13.1. The van der Waals surface area contributed by atoms with Crippen molar-refractivity contribution in [1.29, 1.82) is 0 Å². The van der Waals surface area contributed by atoms with Gasteiger partial charge < -0.3 is 10.2 Å². The lowest BCUT2D eigenvalue weighted by molar-refractivity contribution is -0.132. The van der Waals surface area contributed by atoms with E-state index in [1.807, 2.05) is 13.0 Å². The van der Waals surface area contributed by atoms with E-state index in [0.29, 0.717) is 30.4 Å². The molecule has 4 nitrogen and oxygen atoms in total. The molecule has 2 rings (SSSR count). The predicted molar refractivity (Wildman–Crippen MR) is 64.7 cm³/mol. The van der Waals surface area contributed by atoms with Crippen molar-refractivity contribution in [3.8, 4) is 0 Å². The van der Waals surface area contributed by atoms with Crippen LogP contribution in [0.2, 0.25) is 0 Å². The van der Waals surface area contributed by atoms with Gasteiger partial charge in [0.25, 0.3) is 0 Å². The summed E-state index contributed by atoms with van der Waals surface area (Å²) >= 11 is 0. The van der Waals surface area contributed by atoms with E-state index in [1.165, 1.54) is 0 Å². The standard InChI is InChI=1S/C13H21NO3/c1-2-9(13(16)17)5-6-14-7-10-3-4-12(15)11(10)8-14/h5,10-12,15H,2-4,6-8H2,1H3,(H,16,17). The molecule has 2 N–H and O–H groups in total. The molecule has 96 valence electrons. The highest BCUT2D eigenvalue weighted by atomic mass is 16.4. The van der Waals surface area contributed by atoms with Gasteiger partial charge in [-0.3, -0.25) is 4.90 Å². The first-order valence-electron chi connectivity index (χ1n) is 6.44.